The predicted molar refractivity (Wildman–Crippen MR) is 110 cm³/mol. The van der Waals surface area contributed by atoms with Gasteiger partial charge >= 0.3 is 0 Å². The third kappa shape index (κ3) is 4.95. The molecule has 1 aromatic carbocycles. The van der Waals surface area contributed by atoms with E-state index in [4.69, 9.17) is 10.3 Å². The summed E-state index contributed by atoms with van der Waals surface area (Å²) in [7, 11) is 1.63. The number of rotatable bonds is 7. The number of hydrazone groups is 1. The van der Waals surface area contributed by atoms with Gasteiger partial charge in [0.05, 0.1) is 11.6 Å². The molecule has 4 N–H and O–H groups in total. The number of amidine groups is 1. The van der Waals surface area contributed by atoms with Crippen molar-refractivity contribution in [3.63, 3.8) is 0 Å². The van der Waals surface area contributed by atoms with Gasteiger partial charge in [0.15, 0.2) is 5.84 Å². The van der Waals surface area contributed by atoms with E-state index >= 15 is 0 Å². The number of hydrogen-bond acceptors (Lipinski definition) is 5. The van der Waals surface area contributed by atoms with Crippen molar-refractivity contribution in [3.05, 3.63) is 47.2 Å². The molecule has 2 aromatic rings. The Morgan fingerprint density at radius 1 is 1.33 bits per heavy atom. The molecular formula is C21H27F2N5O2. The molecule has 7 nitrogen and oxygen atoms in total. The van der Waals surface area contributed by atoms with Crippen LogP contribution in [0.15, 0.2) is 40.0 Å². The summed E-state index contributed by atoms with van der Waals surface area (Å²) in [6.07, 6.45) is -0.283. The summed E-state index contributed by atoms with van der Waals surface area (Å²) in [4.78, 5) is 13.1. The topological polar surface area (TPSA) is 106 Å². The van der Waals surface area contributed by atoms with Crippen LogP contribution in [-0.4, -0.2) is 29.9 Å². The SMILES string of the molecule is CN/N=C(\N)c1ccc(C(C(=O)Nc2cc(C(C)C)no2)C2CCC(F)(F)C2)cc1. The molecule has 1 fully saturated rings. The van der Waals surface area contributed by atoms with Gasteiger partial charge in [0, 0.05) is 31.5 Å². The highest BCUT2D eigenvalue weighted by atomic mass is 19.3. The second-order valence-corrected chi connectivity index (χ2v) is 7.94. The van der Waals surface area contributed by atoms with E-state index in [0.29, 0.717) is 22.7 Å². The second kappa shape index (κ2) is 8.81. The van der Waals surface area contributed by atoms with Crippen molar-refractivity contribution in [2.24, 2.45) is 16.8 Å². The van der Waals surface area contributed by atoms with Crippen molar-refractivity contribution in [1.29, 1.82) is 0 Å². The van der Waals surface area contributed by atoms with Crippen molar-refractivity contribution in [2.75, 3.05) is 12.4 Å². The molecular weight excluding hydrogens is 392 g/mol. The molecule has 30 heavy (non-hydrogen) atoms. The molecule has 1 amide bonds. The van der Waals surface area contributed by atoms with Gasteiger partial charge in [-0.15, -0.1) is 0 Å². The van der Waals surface area contributed by atoms with Crippen molar-refractivity contribution in [3.8, 4) is 0 Å². The summed E-state index contributed by atoms with van der Waals surface area (Å²) < 4.78 is 33.0. The lowest BCUT2D eigenvalue weighted by atomic mass is 9.83. The van der Waals surface area contributed by atoms with E-state index in [9.17, 15) is 13.6 Å². The summed E-state index contributed by atoms with van der Waals surface area (Å²) in [5.41, 5.74) is 10.5. The van der Waals surface area contributed by atoms with Crippen molar-refractivity contribution < 1.29 is 18.1 Å². The first-order chi connectivity index (χ1) is 14.2. The van der Waals surface area contributed by atoms with Crippen LogP contribution >= 0.6 is 0 Å². The highest BCUT2D eigenvalue weighted by Crippen LogP contribution is 2.45. The van der Waals surface area contributed by atoms with E-state index in [1.165, 1.54) is 0 Å². The number of anilines is 1. The van der Waals surface area contributed by atoms with Crippen LogP contribution < -0.4 is 16.5 Å². The van der Waals surface area contributed by atoms with Crippen LogP contribution in [-0.2, 0) is 4.79 Å². The molecule has 0 radical (unpaired) electrons. The molecule has 1 saturated carbocycles. The Kier molecular flexibility index (Phi) is 6.38. The molecule has 2 unspecified atom stereocenters. The molecule has 162 valence electrons. The Balaban J connectivity index is 1.86. The zero-order valence-corrected chi connectivity index (χ0v) is 17.3. The Bertz CT molecular complexity index is 908. The van der Waals surface area contributed by atoms with E-state index in [1.54, 1.807) is 37.4 Å². The highest BCUT2D eigenvalue weighted by Gasteiger charge is 2.45. The number of benzene rings is 1. The van der Waals surface area contributed by atoms with Gasteiger partial charge in [-0.2, -0.15) is 5.10 Å². The third-order valence-electron chi connectivity index (χ3n) is 5.36. The van der Waals surface area contributed by atoms with Gasteiger partial charge in [0.25, 0.3) is 0 Å². The number of halogens is 2. The minimum absolute atomic E-state index is 0.140. The first-order valence-electron chi connectivity index (χ1n) is 9.95. The molecule has 1 aliphatic rings. The first-order valence-corrected chi connectivity index (χ1v) is 9.95. The van der Waals surface area contributed by atoms with E-state index in [2.05, 4.69) is 21.0 Å². The molecule has 0 bridgehead atoms. The number of nitrogens with two attached hydrogens (primary N) is 1. The van der Waals surface area contributed by atoms with Crippen LogP contribution in [0.3, 0.4) is 0 Å². The van der Waals surface area contributed by atoms with E-state index in [1.807, 2.05) is 13.8 Å². The van der Waals surface area contributed by atoms with Gasteiger partial charge in [-0.1, -0.05) is 43.3 Å². The average molecular weight is 419 g/mol. The van der Waals surface area contributed by atoms with E-state index in [-0.39, 0.29) is 31.1 Å². The Hall–Kier alpha value is -2.97. The van der Waals surface area contributed by atoms with Gasteiger partial charge in [-0.3, -0.25) is 10.1 Å². The van der Waals surface area contributed by atoms with Crippen LogP contribution in [0.5, 0.6) is 0 Å². The summed E-state index contributed by atoms with van der Waals surface area (Å²) in [6, 6.07) is 8.57. The van der Waals surface area contributed by atoms with Gasteiger partial charge in [-0.25, -0.2) is 8.78 Å². The highest BCUT2D eigenvalue weighted by molar-refractivity contribution is 5.98. The van der Waals surface area contributed by atoms with Crippen LogP contribution in [0.2, 0.25) is 0 Å². The lowest BCUT2D eigenvalue weighted by molar-refractivity contribution is -0.119. The minimum atomic E-state index is -2.76. The number of hydrogen-bond donors (Lipinski definition) is 3. The Labute approximate surface area is 174 Å². The lowest BCUT2D eigenvalue weighted by Crippen LogP contribution is -2.27. The van der Waals surface area contributed by atoms with Gasteiger partial charge in [0.2, 0.25) is 17.7 Å². The summed E-state index contributed by atoms with van der Waals surface area (Å²) in [5, 5.41) is 10.6. The minimum Gasteiger partial charge on any atom is -0.382 e. The van der Waals surface area contributed by atoms with Crippen LogP contribution in [0.1, 0.15) is 61.8 Å². The Morgan fingerprint density at radius 2 is 2.03 bits per heavy atom. The standard InChI is InChI=1S/C21H27F2N5O2/c1-12(2)16-10-17(30-28-16)26-20(29)18(15-8-9-21(22,23)11-15)13-4-6-14(7-5-13)19(24)27-25-3/h4-7,10,12,15,18,25H,8-9,11H2,1-3H3,(H2,24,27)(H,26,29). The van der Waals surface area contributed by atoms with Gasteiger partial charge < -0.3 is 15.7 Å². The number of carbonyl (C=O) groups is 1. The van der Waals surface area contributed by atoms with Gasteiger partial charge in [0.1, 0.15) is 0 Å². The second-order valence-electron chi connectivity index (χ2n) is 7.94. The zero-order valence-electron chi connectivity index (χ0n) is 17.3. The fourth-order valence-electron chi connectivity index (χ4n) is 3.77. The number of amides is 1. The van der Waals surface area contributed by atoms with Crippen LogP contribution in [0.4, 0.5) is 14.7 Å². The first kappa shape index (κ1) is 21.7. The quantitative estimate of drug-likeness (QED) is 0.360. The number of carbonyl (C=O) groups excluding carboxylic acids is 1. The third-order valence-corrected chi connectivity index (χ3v) is 5.36. The van der Waals surface area contributed by atoms with Crippen LogP contribution in [0, 0.1) is 5.92 Å². The summed E-state index contributed by atoms with van der Waals surface area (Å²) in [5.74, 6) is -3.75. The molecule has 2 atom stereocenters. The van der Waals surface area contributed by atoms with E-state index < -0.39 is 23.7 Å². The maximum absolute atomic E-state index is 13.9. The maximum Gasteiger partial charge on any atom is 0.248 e. The normalized spacial score (nSPS) is 19.7. The van der Waals surface area contributed by atoms with E-state index in [0.717, 1.165) is 0 Å². The molecule has 0 spiro atoms. The predicted octanol–water partition coefficient (Wildman–Crippen LogP) is 3.80. The molecule has 3 rings (SSSR count). The number of alkyl halides is 2. The number of aromatic nitrogens is 1. The maximum atomic E-state index is 13.9. The zero-order chi connectivity index (χ0) is 21.9. The summed E-state index contributed by atoms with van der Waals surface area (Å²) >= 11 is 0. The average Bonchev–Trinajstić information content (AvgIpc) is 3.29. The van der Waals surface area contributed by atoms with Crippen molar-refractivity contribution >= 4 is 17.6 Å². The van der Waals surface area contributed by atoms with Crippen molar-refractivity contribution in [1.82, 2.24) is 10.6 Å². The summed E-state index contributed by atoms with van der Waals surface area (Å²) in [6.45, 7) is 3.91. The molecule has 0 aliphatic heterocycles. The molecule has 9 heteroatoms. The number of nitrogens with zero attached hydrogens (tertiary/aromatic N) is 2. The Morgan fingerprint density at radius 3 is 2.57 bits per heavy atom. The monoisotopic (exact) mass is 419 g/mol. The lowest BCUT2D eigenvalue weighted by Gasteiger charge is -2.23. The van der Waals surface area contributed by atoms with Crippen molar-refractivity contribution in [2.45, 2.75) is 50.9 Å². The fraction of sp³-hybridized carbons (Fsp3) is 0.476. The molecule has 1 aliphatic carbocycles. The van der Waals surface area contributed by atoms with Crippen LogP contribution in [0.25, 0.3) is 0 Å². The smallest absolute Gasteiger partial charge is 0.248 e. The largest absolute Gasteiger partial charge is 0.382 e. The molecule has 1 aromatic heterocycles. The van der Waals surface area contributed by atoms with Gasteiger partial charge in [-0.05, 0) is 23.8 Å². The number of nitrogens with one attached hydrogen (secondary N) is 2. The molecule has 0 saturated heterocycles. The fourth-order valence-corrected chi connectivity index (χ4v) is 3.77. The molecule has 1 heterocycles.